The summed E-state index contributed by atoms with van der Waals surface area (Å²) in [6.45, 7) is 3.23. The van der Waals surface area contributed by atoms with Crippen molar-refractivity contribution in [2.45, 2.75) is 26.2 Å². The van der Waals surface area contributed by atoms with E-state index in [1.54, 1.807) is 12.4 Å². The second-order valence-electron chi connectivity index (χ2n) is 2.77. The second-order valence-corrected chi connectivity index (χ2v) is 2.77. The molecule has 0 spiro atoms. The maximum atomic E-state index is 3.77. The Morgan fingerprint density at radius 1 is 1.33 bits per heavy atom. The molecule has 0 aliphatic heterocycles. The molecular weight excluding hydrogens is 150 g/mol. The molecule has 66 valence electrons. The van der Waals surface area contributed by atoms with Gasteiger partial charge in [0.15, 0.2) is 0 Å². The molecule has 0 radical (unpaired) electrons. The van der Waals surface area contributed by atoms with Crippen molar-refractivity contribution in [3.8, 4) is 0 Å². The lowest BCUT2D eigenvalue weighted by atomic mass is 10.2. The monoisotopic (exact) mass is 165 g/mol. The van der Waals surface area contributed by atoms with Crippen molar-refractivity contribution in [1.82, 2.24) is 10.2 Å². The standard InChI is InChI=1S/C9H15N3/c1-2-3-4-6-10-9-5-7-11-12-8-9/h5,7-8H,2-4,6H2,1H3,(H,10,11). The lowest BCUT2D eigenvalue weighted by molar-refractivity contribution is 0.743. The van der Waals surface area contributed by atoms with Crippen LogP contribution in [0.1, 0.15) is 26.2 Å². The van der Waals surface area contributed by atoms with Gasteiger partial charge >= 0.3 is 0 Å². The molecule has 0 bridgehead atoms. The molecule has 0 fully saturated rings. The number of unbranched alkanes of at least 4 members (excludes halogenated alkanes) is 2. The van der Waals surface area contributed by atoms with Gasteiger partial charge in [0.05, 0.1) is 18.1 Å². The zero-order valence-corrected chi connectivity index (χ0v) is 7.45. The summed E-state index contributed by atoms with van der Waals surface area (Å²) in [5.74, 6) is 0. The molecule has 12 heavy (non-hydrogen) atoms. The Kier molecular flexibility index (Phi) is 4.13. The fourth-order valence-corrected chi connectivity index (χ4v) is 1.00. The summed E-state index contributed by atoms with van der Waals surface area (Å²) in [5, 5.41) is 10.7. The van der Waals surface area contributed by atoms with Crippen LogP contribution >= 0.6 is 0 Å². The molecule has 1 aromatic rings. The van der Waals surface area contributed by atoms with Gasteiger partial charge in [0.1, 0.15) is 0 Å². The highest BCUT2D eigenvalue weighted by atomic mass is 15.1. The van der Waals surface area contributed by atoms with E-state index in [9.17, 15) is 0 Å². The molecule has 0 unspecified atom stereocenters. The molecule has 0 aliphatic carbocycles. The van der Waals surface area contributed by atoms with Gasteiger partial charge in [0, 0.05) is 6.54 Å². The van der Waals surface area contributed by atoms with Gasteiger partial charge in [-0.2, -0.15) is 10.2 Å². The summed E-state index contributed by atoms with van der Waals surface area (Å²) < 4.78 is 0. The number of nitrogens with one attached hydrogen (secondary N) is 1. The van der Waals surface area contributed by atoms with Gasteiger partial charge in [-0.3, -0.25) is 0 Å². The molecule has 0 saturated carbocycles. The number of anilines is 1. The molecule has 1 N–H and O–H groups in total. The van der Waals surface area contributed by atoms with E-state index >= 15 is 0 Å². The van der Waals surface area contributed by atoms with Crippen LogP contribution in [0, 0.1) is 0 Å². The minimum absolute atomic E-state index is 1.03. The van der Waals surface area contributed by atoms with E-state index in [0.29, 0.717) is 0 Å². The lowest BCUT2D eigenvalue weighted by Gasteiger charge is -2.03. The van der Waals surface area contributed by atoms with Crippen molar-refractivity contribution < 1.29 is 0 Å². The highest BCUT2D eigenvalue weighted by Gasteiger charge is 1.89. The van der Waals surface area contributed by atoms with Crippen molar-refractivity contribution in [2.75, 3.05) is 11.9 Å². The smallest absolute Gasteiger partial charge is 0.0727 e. The van der Waals surface area contributed by atoms with Crippen LogP contribution in [-0.4, -0.2) is 16.7 Å². The summed E-state index contributed by atoms with van der Waals surface area (Å²) >= 11 is 0. The van der Waals surface area contributed by atoms with Crippen LogP contribution in [0.15, 0.2) is 18.5 Å². The van der Waals surface area contributed by atoms with Gasteiger partial charge < -0.3 is 5.32 Å². The van der Waals surface area contributed by atoms with Crippen LogP contribution in [-0.2, 0) is 0 Å². The fraction of sp³-hybridized carbons (Fsp3) is 0.556. The van der Waals surface area contributed by atoms with E-state index < -0.39 is 0 Å². The van der Waals surface area contributed by atoms with E-state index in [1.807, 2.05) is 6.07 Å². The van der Waals surface area contributed by atoms with Crippen LogP contribution in [0.3, 0.4) is 0 Å². The van der Waals surface area contributed by atoms with Crippen molar-refractivity contribution in [3.05, 3.63) is 18.5 Å². The third kappa shape index (κ3) is 3.32. The first kappa shape index (κ1) is 8.97. The molecule has 0 aliphatic rings. The average Bonchev–Trinajstić information content (AvgIpc) is 2.14. The maximum absolute atomic E-state index is 3.77. The highest BCUT2D eigenvalue weighted by Crippen LogP contribution is 2.02. The van der Waals surface area contributed by atoms with Gasteiger partial charge in [-0.05, 0) is 12.5 Å². The van der Waals surface area contributed by atoms with Gasteiger partial charge in [-0.25, -0.2) is 0 Å². The van der Waals surface area contributed by atoms with Crippen molar-refractivity contribution in [3.63, 3.8) is 0 Å². The van der Waals surface area contributed by atoms with Crippen LogP contribution in [0.25, 0.3) is 0 Å². The van der Waals surface area contributed by atoms with Crippen molar-refractivity contribution in [2.24, 2.45) is 0 Å². The predicted octanol–water partition coefficient (Wildman–Crippen LogP) is 2.08. The molecule has 0 saturated heterocycles. The quantitative estimate of drug-likeness (QED) is 0.679. The van der Waals surface area contributed by atoms with E-state index in [0.717, 1.165) is 12.2 Å². The van der Waals surface area contributed by atoms with E-state index in [1.165, 1.54) is 19.3 Å². The van der Waals surface area contributed by atoms with Gasteiger partial charge in [-0.15, -0.1) is 0 Å². The minimum atomic E-state index is 1.03. The predicted molar refractivity (Wildman–Crippen MR) is 50.0 cm³/mol. The van der Waals surface area contributed by atoms with E-state index in [-0.39, 0.29) is 0 Å². The highest BCUT2D eigenvalue weighted by molar-refractivity contribution is 5.38. The molecule has 0 amide bonds. The Bertz CT molecular complexity index is 198. The number of rotatable bonds is 5. The zero-order valence-electron chi connectivity index (χ0n) is 7.45. The Morgan fingerprint density at radius 3 is 2.92 bits per heavy atom. The molecule has 1 heterocycles. The Hall–Kier alpha value is -1.12. The lowest BCUT2D eigenvalue weighted by Crippen LogP contribution is -2.01. The summed E-state index contributed by atoms with van der Waals surface area (Å²) in [4.78, 5) is 0. The third-order valence-corrected chi connectivity index (χ3v) is 1.69. The first-order valence-corrected chi connectivity index (χ1v) is 4.44. The Balaban J connectivity index is 2.16. The molecule has 0 atom stereocenters. The summed E-state index contributed by atoms with van der Waals surface area (Å²) in [7, 11) is 0. The van der Waals surface area contributed by atoms with E-state index in [2.05, 4.69) is 22.4 Å². The van der Waals surface area contributed by atoms with Gasteiger partial charge in [0.2, 0.25) is 0 Å². The fourth-order valence-electron chi connectivity index (χ4n) is 1.00. The second kappa shape index (κ2) is 5.52. The summed E-state index contributed by atoms with van der Waals surface area (Å²) in [6.07, 6.45) is 7.20. The van der Waals surface area contributed by atoms with Crippen LogP contribution in [0.5, 0.6) is 0 Å². The molecular formula is C9H15N3. The first-order chi connectivity index (χ1) is 5.93. The van der Waals surface area contributed by atoms with Crippen LogP contribution in [0.4, 0.5) is 5.69 Å². The summed E-state index contributed by atoms with van der Waals surface area (Å²) in [5.41, 5.74) is 1.06. The van der Waals surface area contributed by atoms with E-state index in [4.69, 9.17) is 0 Å². The maximum Gasteiger partial charge on any atom is 0.0727 e. The molecule has 1 rings (SSSR count). The van der Waals surface area contributed by atoms with Crippen LogP contribution in [0.2, 0.25) is 0 Å². The number of hydrogen-bond donors (Lipinski definition) is 1. The summed E-state index contributed by atoms with van der Waals surface area (Å²) in [6, 6.07) is 1.93. The topological polar surface area (TPSA) is 37.8 Å². The Labute approximate surface area is 73.2 Å². The number of hydrogen-bond acceptors (Lipinski definition) is 3. The van der Waals surface area contributed by atoms with Crippen LogP contribution < -0.4 is 5.32 Å². The Morgan fingerprint density at radius 2 is 2.25 bits per heavy atom. The zero-order chi connectivity index (χ0) is 8.65. The molecule has 1 aromatic heterocycles. The number of nitrogens with zero attached hydrogens (tertiary/aromatic N) is 2. The molecule has 0 aromatic carbocycles. The minimum Gasteiger partial charge on any atom is -0.384 e. The first-order valence-electron chi connectivity index (χ1n) is 4.44. The largest absolute Gasteiger partial charge is 0.384 e. The van der Waals surface area contributed by atoms with Crippen molar-refractivity contribution in [1.29, 1.82) is 0 Å². The third-order valence-electron chi connectivity index (χ3n) is 1.69. The molecule has 3 nitrogen and oxygen atoms in total. The number of aromatic nitrogens is 2. The van der Waals surface area contributed by atoms with Gasteiger partial charge in [-0.1, -0.05) is 19.8 Å². The normalized spacial score (nSPS) is 9.75. The van der Waals surface area contributed by atoms with Gasteiger partial charge in [0.25, 0.3) is 0 Å². The SMILES string of the molecule is CCCCCNc1ccnnc1. The van der Waals surface area contributed by atoms with Crippen molar-refractivity contribution >= 4 is 5.69 Å². The average molecular weight is 165 g/mol. The molecule has 3 heteroatoms.